The number of benzene rings is 1. The van der Waals surface area contributed by atoms with Gasteiger partial charge in [0.2, 0.25) is 0 Å². The van der Waals surface area contributed by atoms with Crippen molar-refractivity contribution in [2.24, 2.45) is 5.92 Å². The molecule has 0 bridgehead atoms. The maximum atomic E-state index is 13.5. The van der Waals surface area contributed by atoms with Crippen LogP contribution in [0, 0.1) is 11.7 Å². The number of hydrogen-bond donors (Lipinski definition) is 0. The molecule has 0 aliphatic carbocycles. The number of rotatable bonds is 2. The van der Waals surface area contributed by atoms with Gasteiger partial charge in [-0.25, -0.2) is 4.39 Å². The van der Waals surface area contributed by atoms with E-state index >= 15 is 0 Å². The van der Waals surface area contributed by atoms with Gasteiger partial charge in [-0.1, -0.05) is 11.6 Å². The molecular weight excluding hydrogens is 264 g/mol. The summed E-state index contributed by atoms with van der Waals surface area (Å²) in [5.74, 6) is -0.00357. The first-order valence-corrected chi connectivity index (χ1v) is 6.33. The van der Waals surface area contributed by atoms with Crippen molar-refractivity contribution >= 4 is 29.1 Å². The lowest BCUT2D eigenvalue weighted by Crippen LogP contribution is -2.29. The summed E-state index contributed by atoms with van der Waals surface area (Å²) in [6.45, 7) is 1.22. The van der Waals surface area contributed by atoms with E-state index in [9.17, 15) is 9.18 Å². The lowest BCUT2D eigenvalue weighted by Gasteiger charge is -2.16. The van der Waals surface area contributed by atoms with Gasteiger partial charge in [0, 0.05) is 24.0 Å². The molecule has 0 spiro atoms. The zero-order chi connectivity index (χ0) is 12.4. The van der Waals surface area contributed by atoms with Crippen molar-refractivity contribution in [3.63, 3.8) is 0 Å². The lowest BCUT2D eigenvalue weighted by atomic mass is 10.1. The number of likely N-dealkylation sites (tertiary alicyclic amines) is 1. The Kier molecular flexibility index (Phi) is 3.89. The monoisotopic (exact) mass is 275 g/mol. The second-order valence-electron chi connectivity index (χ2n) is 4.18. The summed E-state index contributed by atoms with van der Waals surface area (Å²) >= 11 is 11.5. The number of nitrogens with zero attached hydrogens (tertiary/aromatic N) is 1. The average molecular weight is 276 g/mol. The van der Waals surface area contributed by atoms with Gasteiger partial charge in [0.05, 0.1) is 5.56 Å². The maximum absolute atomic E-state index is 13.5. The van der Waals surface area contributed by atoms with Crippen molar-refractivity contribution in [1.82, 2.24) is 4.90 Å². The van der Waals surface area contributed by atoms with Crippen LogP contribution < -0.4 is 0 Å². The zero-order valence-electron chi connectivity index (χ0n) is 9.13. The van der Waals surface area contributed by atoms with E-state index in [-0.39, 0.29) is 11.5 Å². The normalized spacial score (nSPS) is 19.7. The summed E-state index contributed by atoms with van der Waals surface area (Å²) in [6.07, 6.45) is 0.872. The first-order chi connectivity index (χ1) is 8.11. The van der Waals surface area contributed by atoms with Gasteiger partial charge in [0.1, 0.15) is 5.82 Å². The summed E-state index contributed by atoms with van der Waals surface area (Å²) in [6, 6.07) is 4.01. The van der Waals surface area contributed by atoms with Gasteiger partial charge in [-0.05, 0) is 30.5 Å². The van der Waals surface area contributed by atoms with Crippen LogP contribution in [-0.2, 0) is 0 Å². The predicted molar refractivity (Wildman–Crippen MR) is 66.1 cm³/mol. The van der Waals surface area contributed by atoms with E-state index in [1.165, 1.54) is 18.2 Å². The maximum Gasteiger partial charge on any atom is 0.256 e. The van der Waals surface area contributed by atoms with Crippen LogP contribution >= 0.6 is 23.2 Å². The molecule has 1 aliphatic heterocycles. The molecule has 5 heteroatoms. The Bertz CT molecular complexity index is 439. The van der Waals surface area contributed by atoms with Gasteiger partial charge in [-0.3, -0.25) is 4.79 Å². The van der Waals surface area contributed by atoms with Gasteiger partial charge < -0.3 is 4.90 Å². The van der Waals surface area contributed by atoms with Crippen molar-refractivity contribution in [3.05, 3.63) is 34.6 Å². The molecule has 1 aliphatic rings. The van der Waals surface area contributed by atoms with Crippen molar-refractivity contribution in [3.8, 4) is 0 Å². The molecule has 0 aromatic heterocycles. The minimum absolute atomic E-state index is 0.0349. The fourth-order valence-electron chi connectivity index (χ4n) is 1.97. The van der Waals surface area contributed by atoms with Crippen LogP contribution in [-0.4, -0.2) is 29.8 Å². The Morgan fingerprint density at radius 2 is 2.29 bits per heavy atom. The molecule has 1 heterocycles. The van der Waals surface area contributed by atoms with Crippen LogP contribution in [0.3, 0.4) is 0 Å². The molecule has 0 radical (unpaired) electrons. The molecule has 1 saturated heterocycles. The second-order valence-corrected chi connectivity index (χ2v) is 4.93. The van der Waals surface area contributed by atoms with Crippen molar-refractivity contribution in [2.45, 2.75) is 6.42 Å². The number of hydrogen-bond acceptors (Lipinski definition) is 1. The largest absolute Gasteiger partial charge is 0.338 e. The van der Waals surface area contributed by atoms with Crippen LogP contribution in [0.15, 0.2) is 18.2 Å². The summed E-state index contributed by atoms with van der Waals surface area (Å²) in [7, 11) is 0. The van der Waals surface area contributed by atoms with Crippen LogP contribution in [0.1, 0.15) is 16.8 Å². The van der Waals surface area contributed by atoms with Crippen LogP contribution in [0.25, 0.3) is 0 Å². The third-order valence-electron chi connectivity index (χ3n) is 2.95. The van der Waals surface area contributed by atoms with E-state index < -0.39 is 5.82 Å². The highest BCUT2D eigenvalue weighted by Crippen LogP contribution is 2.22. The third kappa shape index (κ3) is 2.72. The SMILES string of the molecule is O=C(c1cc(Cl)ccc1F)N1CCC(CCl)C1. The Balaban J connectivity index is 2.17. The summed E-state index contributed by atoms with van der Waals surface area (Å²) in [4.78, 5) is 13.7. The van der Waals surface area contributed by atoms with E-state index in [1.54, 1.807) is 4.90 Å². The Labute approximate surface area is 109 Å². The highest BCUT2D eigenvalue weighted by Gasteiger charge is 2.27. The molecule has 0 N–H and O–H groups in total. The van der Waals surface area contributed by atoms with E-state index in [0.717, 1.165) is 6.42 Å². The lowest BCUT2D eigenvalue weighted by molar-refractivity contribution is 0.0783. The van der Waals surface area contributed by atoms with Crippen molar-refractivity contribution < 1.29 is 9.18 Å². The number of halogens is 3. The molecule has 17 heavy (non-hydrogen) atoms. The molecule has 2 nitrogen and oxygen atoms in total. The summed E-state index contributed by atoms with van der Waals surface area (Å²) in [5.41, 5.74) is 0.0349. The Morgan fingerprint density at radius 1 is 1.53 bits per heavy atom. The molecular formula is C12H12Cl2FNO. The van der Waals surface area contributed by atoms with Crippen LogP contribution in [0.2, 0.25) is 5.02 Å². The van der Waals surface area contributed by atoms with Gasteiger partial charge in [0.25, 0.3) is 5.91 Å². The minimum Gasteiger partial charge on any atom is -0.338 e. The molecule has 1 aromatic rings. The van der Waals surface area contributed by atoms with E-state index in [0.29, 0.717) is 29.9 Å². The summed E-state index contributed by atoms with van der Waals surface area (Å²) < 4.78 is 13.5. The first-order valence-electron chi connectivity index (χ1n) is 5.42. The molecule has 92 valence electrons. The van der Waals surface area contributed by atoms with Gasteiger partial charge in [-0.2, -0.15) is 0 Å². The molecule has 1 aromatic carbocycles. The fourth-order valence-corrected chi connectivity index (χ4v) is 2.40. The standard InChI is InChI=1S/C12H12Cl2FNO/c13-6-8-3-4-16(7-8)12(17)10-5-9(14)1-2-11(10)15/h1-2,5,8H,3-4,6-7H2. The fraction of sp³-hybridized carbons (Fsp3) is 0.417. The Hall–Kier alpha value is -0.800. The van der Waals surface area contributed by atoms with Gasteiger partial charge in [-0.15, -0.1) is 11.6 Å². The molecule has 1 unspecified atom stereocenters. The van der Waals surface area contributed by atoms with E-state index in [2.05, 4.69) is 0 Å². The van der Waals surface area contributed by atoms with Crippen LogP contribution in [0.4, 0.5) is 4.39 Å². The minimum atomic E-state index is -0.534. The highest BCUT2D eigenvalue weighted by molar-refractivity contribution is 6.31. The number of amides is 1. The number of carbonyl (C=O) groups excluding carboxylic acids is 1. The molecule has 1 amide bonds. The second kappa shape index (κ2) is 5.23. The molecule has 1 atom stereocenters. The highest BCUT2D eigenvalue weighted by atomic mass is 35.5. The smallest absolute Gasteiger partial charge is 0.256 e. The van der Waals surface area contributed by atoms with Gasteiger partial charge >= 0.3 is 0 Å². The summed E-state index contributed by atoms with van der Waals surface area (Å²) in [5, 5.41) is 0.364. The zero-order valence-corrected chi connectivity index (χ0v) is 10.6. The first kappa shape index (κ1) is 12.7. The van der Waals surface area contributed by atoms with E-state index in [4.69, 9.17) is 23.2 Å². The topological polar surface area (TPSA) is 20.3 Å². The Morgan fingerprint density at radius 3 is 2.94 bits per heavy atom. The third-order valence-corrected chi connectivity index (χ3v) is 3.62. The molecule has 0 saturated carbocycles. The number of alkyl halides is 1. The van der Waals surface area contributed by atoms with Crippen LogP contribution in [0.5, 0.6) is 0 Å². The molecule has 1 fully saturated rings. The van der Waals surface area contributed by atoms with E-state index in [1.807, 2.05) is 0 Å². The quantitative estimate of drug-likeness (QED) is 0.760. The van der Waals surface area contributed by atoms with Crippen molar-refractivity contribution in [1.29, 1.82) is 0 Å². The predicted octanol–water partition coefficient (Wildman–Crippen LogP) is 3.18. The average Bonchev–Trinajstić information content (AvgIpc) is 2.80. The van der Waals surface area contributed by atoms with Crippen molar-refractivity contribution in [2.75, 3.05) is 19.0 Å². The van der Waals surface area contributed by atoms with Gasteiger partial charge in [0.15, 0.2) is 0 Å². The number of carbonyl (C=O) groups is 1. The molecule has 2 rings (SSSR count).